The van der Waals surface area contributed by atoms with Crippen molar-refractivity contribution >= 4 is 51.0 Å². The van der Waals surface area contributed by atoms with Crippen LogP contribution in [0.3, 0.4) is 0 Å². The fourth-order valence-electron chi connectivity index (χ4n) is 3.17. The van der Waals surface area contributed by atoms with E-state index in [9.17, 15) is 9.59 Å². The van der Waals surface area contributed by atoms with E-state index in [1.54, 1.807) is 44.6 Å². The van der Waals surface area contributed by atoms with E-state index in [1.807, 2.05) is 10.6 Å². The van der Waals surface area contributed by atoms with Crippen molar-refractivity contribution in [2.24, 2.45) is 0 Å². The molecule has 3 rings (SSSR count). The molecule has 8 nitrogen and oxygen atoms in total. The fraction of sp³-hybridized carbons (Fsp3) is 0.304. The molecule has 0 radical (unpaired) electrons. The van der Waals surface area contributed by atoms with Crippen LogP contribution in [0.1, 0.15) is 29.5 Å². The number of ether oxygens (including phenoxy) is 2. The van der Waals surface area contributed by atoms with Gasteiger partial charge in [0.2, 0.25) is 5.91 Å². The Kier molecular flexibility index (Phi) is 9.37. The van der Waals surface area contributed by atoms with Crippen molar-refractivity contribution in [3.05, 3.63) is 57.3 Å². The Morgan fingerprint density at radius 3 is 2.50 bits per heavy atom. The number of thioether (sulfide) groups is 1. The lowest BCUT2D eigenvalue weighted by atomic mass is 10.1. The Morgan fingerprint density at radius 1 is 1.12 bits per heavy atom. The average Bonchev–Trinajstić information content (AvgIpc) is 3.22. The maximum Gasteiger partial charge on any atom is 0.216 e. The molecule has 11 heteroatoms. The number of aromatic nitrogens is 3. The second kappa shape index (κ2) is 12.2. The third-order valence-electron chi connectivity index (χ3n) is 4.85. The van der Waals surface area contributed by atoms with Crippen molar-refractivity contribution in [2.45, 2.75) is 24.9 Å². The number of hydrogen-bond donors (Lipinski definition) is 1. The summed E-state index contributed by atoms with van der Waals surface area (Å²) in [7, 11) is 3.13. The minimum absolute atomic E-state index is 0.0529. The van der Waals surface area contributed by atoms with Crippen LogP contribution >= 0.6 is 39.3 Å². The number of amides is 1. The van der Waals surface area contributed by atoms with Crippen molar-refractivity contribution in [1.29, 1.82) is 0 Å². The number of halogens is 2. The summed E-state index contributed by atoms with van der Waals surface area (Å²) in [6.45, 7) is 2.01. The summed E-state index contributed by atoms with van der Waals surface area (Å²) in [5.74, 6) is 1.96. The van der Waals surface area contributed by atoms with Gasteiger partial charge in [-0.3, -0.25) is 14.2 Å². The fourth-order valence-corrected chi connectivity index (χ4v) is 4.83. The predicted molar refractivity (Wildman–Crippen MR) is 136 cm³/mol. The topological polar surface area (TPSA) is 95.3 Å². The second-order valence-electron chi connectivity index (χ2n) is 7.20. The molecule has 180 valence electrons. The summed E-state index contributed by atoms with van der Waals surface area (Å²) in [6, 6.07) is 10.6. The van der Waals surface area contributed by atoms with Crippen LogP contribution in [0.2, 0.25) is 5.02 Å². The van der Waals surface area contributed by atoms with Gasteiger partial charge in [-0.15, -0.1) is 10.2 Å². The van der Waals surface area contributed by atoms with Gasteiger partial charge in [0.1, 0.15) is 17.3 Å². The van der Waals surface area contributed by atoms with E-state index in [-0.39, 0.29) is 17.4 Å². The van der Waals surface area contributed by atoms with Gasteiger partial charge in [-0.1, -0.05) is 23.4 Å². The maximum absolute atomic E-state index is 12.8. The molecule has 1 heterocycles. The number of Topliss-reactive ketones (excluding diaryl/α,β-unsaturated/α-hetero) is 1. The van der Waals surface area contributed by atoms with Gasteiger partial charge in [0, 0.05) is 25.5 Å². The van der Waals surface area contributed by atoms with Crippen molar-refractivity contribution in [3.8, 4) is 17.2 Å². The lowest BCUT2D eigenvalue weighted by Crippen LogP contribution is -2.21. The molecule has 0 bridgehead atoms. The van der Waals surface area contributed by atoms with E-state index < -0.39 is 0 Å². The predicted octanol–water partition coefficient (Wildman–Crippen LogP) is 4.74. The molecule has 0 saturated heterocycles. The van der Waals surface area contributed by atoms with Gasteiger partial charge < -0.3 is 14.8 Å². The zero-order valence-corrected chi connectivity index (χ0v) is 22.1. The molecule has 0 aliphatic carbocycles. The van der Waals surface area contributed by atoms with Crippen LogP contribution in [0, 0.1) is 0 Å². The van der Waals surface area contributed by atoms with Gasteiger partial charge in [-0.25, -0.2) is 0 Å². The van der Waals surface area contributed by atoms with Crippen LogP contribution in [-0.4, -0.2) is 53.0 Å². The summed E-state index contributed by atoms with van der Waals surface area (Å²) in [4.78, 5) is 24.0. The molecule has 2 aromatic carbocycles. The number of benzene rings is 2. The standard InChI is InChI=1S/C23H24BrClN4O4S/c1-14(30)26-10-4-5-22-27-28-23(29(22)16-7-9-21(33-3)18(25)12-16)34-13-19(31)15-6-8-20(32-2)17(24)11-15/h6-9,11-12H,4-5,10,13H2,1-3H3,(H,26,30). The van der Waals surface area contributed by atoms with Crippen molar-refractivity contribution in [2.75, 3.05) is 26.5 Å². The number of rotatable bonds is 11. The number of methoxy groups -OCH3 is 2. The lowest BCUT2D eigenvalue weighted by Gasteiger charge is -2.12. The van der Waals surface area contributed by atoms with Gasteiger partial charge in [-0.2, -0.15) is 0 Å². The molecule has 3 aromatic rings. The third-order valence-corrected chi connectivity index (χ3v) is 6.70. The first-order valence-electron chi connectivity index (χ1n) is 10.4. The summed E-state index contributed by atoms with van der Waals surface area (Å²) in [5.41, 5.74) is 1.32. The van der Waals surface area contributed by atoms with Crippen LogP contribution in [0.15, 0.2) is 46.0 Å². The first-order valence-corrected chi connectivity index (χ1v) is 12.5. The van der Waals surface area contributed by atoms with Gasteiger partial charge in [0.05, 0.1) is 35.2 Å². The summed E-state index contributed by atoms with van der Waals surface area (Å²) >= 11 is 11.1. The van der Waals surface area contributed by atoms with Gasteiger partial charge >= 0.3 is 0 Å². The maximum atomic E-state index is 12.8. The van der Waals surface area contributed by atoms with Crippen LogP contribution < -0.4 is 14.8 Å². The highest BCUT2D eigenvalue weighted by Crippen LogP contribution is 2.31. The monoisotopic (exact) mass is 566 g/mol. The molecule has 0 saturated carbocycles. The number of aryl methyl sites for hydroxylation is 1. The molecule has 34 heavy (non-hydrogen) atoms. The Hall–Kier alpha value is -2.56. The van der Waals surface area contributed by atoms with Crippen molar-refractivity contribution in [3.63, 3.8) is 0 Å². The molecule has 0 fully saturated rings. The Balaban J connectivity index is 1.83. The number of ketones is 1. The molecule has 1 aromatic heterocycles. The molecule has 0 unspecified atom stereocenters. The quantitative estimate of drug-likeness (QED) is 0.203. The SMILES string of the molecule is COc1ccc(-n2c(CCCNC(C)=O)nnc2SCC(=O)c2ccc(OC)c(Br)c2)cc1Cl. The number of carbonyl (C=O) groups is 2. The summed E-state index contributed by atoms with van der Waals surface area (Å²) in [5, 5.41) is 12.5. The van der Waals surface area contributed by atoms with E-state index in [0.29, 0.717) is 56.9 Å². The van der Waals surface area contributed by atoms with Crippen LogP contribution in [0.5, 0.6) is 11.5 Å². The Bertz CT molecular complexity index is 1190. The van der Waals surface area contributed by atoms with Gasteiger partial charge in [0.25, 0.3) is 0 Å². The minimum atomic E-state index is -0.0803. The normalized spacial score (nSPS) is 10.7. The number of nitrogens with one attached hydrogen (secondary N) is 1. The Morgan fingerprint density at radius 2 is 1.85 bits per heavy atom. The smallest absolute Gasteiger partial charge is 0.216 e. The first-order chi connectivity index (χ1) is 16.3. The molecule has 0 aliphatic heterocycles. The van der Waals surface area contributed by atoms with E-state index in [1.165, 1.54) is 18.7 Å². The van der Waals surface area contributed by atoms with Crippen LogP contribution in [0.25, 0.3) is 5.69 Å². The minimum Gasteiger partial charge on any atom is -0.496 e. The zero-order chi connectivity index (χ0) is 24.7. The van der Waals surface area contributed by atoms with E-state index in [2.05, 4.69) is 31.4 Å². The highest BCUT2D eigenvalue weighted by molar-refractivity contribution is 9.10. The number of hydrogen-bond acceptors (Lipinski definition) is 7. The van der Waals surface area contributed by atoms with E-state index in [0.717, 1.165) is 5.69 Å². The summed E-state index contributed by atoms with van der Waals surface area (Å²) < 4.78 is 13.1. The molecular weight excluding hydrogens is 544 g/mol. The highest BCUT2D eigenvalue weighted by Gasteiger charge is 2.18. The zero-order valence-electron chi connectivity index (χ0n) is 18.9. The molecule has 0 spiro atoms. The molecule has 0 aliphatic rings. The van der Waals surface area contributed by atoms with E-state index in [4.69, 9.17) is 21.1 Å². The molecule has 0 atom stereocenters. The van der Waals surface area contributed by atoms with Gasteiger partial charge in [-0.05, 0) is 58.7 Å². The first kappa shape index (κ1) is 26.1. The average molecular weight is 568 g/mol. The molecule has 1 amide bonds. The van der Waals surface area contributed by atoms with E-state index >= 15 is 0 Å². The van der Waals surface area contributed by atoms with Crippen molar-refractivity contribution < 1.29 is 19.1 Å². The van der Waals surface area contributed by atoms with Crippen LogP contribution in [-0.2, 0) is 11.2 Å². The number of nitrogens with zero attached hydrogens (tertiary/aromatic N) is 3. The number of carbonyl (C=O) groups excluding carboxylic acids is 2. The largest absolute Gasteiger partial charge is 0.496 e. The van der Waals surface area contributed by atoms with Crippen molar-refractivity contribution in [1.82, 2.24) is 20.1 Å². The molecule has 1 N–H and O–H groups in total. The lowest BCUT2D eigenvalue weighted by molar-refractivity contribution is -0.118. The van der Waals surface area contributed by atoms with Crippen LogP contribution in [0.4, 0.5) is 0 Å². The molecular formula is C23H24BrClN4O4S. The highest BCUT2D eigenvalue weighted by atomic mass is 79.9. The second-order valence-corrected chi connectivity index (χ2v) is 9.40. The Labute approximate surface area is 215 Å². The summed E-state index contributed by atoms with van der Waals surface area (Å²) in [6.07, 6.45) is 1.27. The van der Waals surface area contributed by atoms with Gasteiger partial charge in [0.15, 0.2) is 10.9 Å². The third kappa shape index (κ3) is 6.52.